The molecule has 2 aromatic carbocycles. The van der Waals surface area contributed by atoms with E-state index in [1.807, 2.05) is 54.6 Å². The van der Waals surface area contributed by atoms with E-state index in [1.165, 1.54) is 0 Å². The zero-order valence-electron chi connectivity index (χ0n) is 12.6. The average molecular weight is 293 g/mol. The molecular weight excluding hydrogens is 274 g/mol. The van der Waals surface area contributed by atoms with E-state index in [1.54, 1.807) is 6.92 Å². The highest BCUT2D eigenvalue weighted by Gasteiger charge is 2.35. The van der Waals surface area contributed by atoms with Gasteiger partial charge in [0.15, 0.2) is 5.78 Å². The van der Waals surface area contributed by atoms with E-state index in [0.717, 1.165) is 24.0 Å². The van der Waals surface area contributed by atoms with Gasteiger partial charge in [-0.3, -0.25) is 9.59 Å². The van der Waals surface area contributed by atoms with Crippen molar-refractivity contribution in [3.63, 3.8) is 0 Å². The normalized spacial score (nSPS) is 15.1. The summed E-state index contributed by atoms with van der Waals surface area (Å²) in [6.07, 6.45) is 2.05. The van der Waals surface area contributed by atoms with Gasteiger partial charge in [-0.05, 0) is 48.9 Å². The fourth-order valence-electron chi connectivity index (χ4n) is 2.65. The molecular formula is C19H19NO2. The minimum atomic E-state index is -0.332. The van der Waals surface area contributed by atoms with Crippen LogP contribution in [-0.4, -0.2) is 17.7 Å². The van der Waals surface area contributed by atoms with E-state index in [9.17, 15) is 9.59 Å². The van der Waals surface area contributed by atoms with Crippen molar-refractivity contribution in [3.8, 4) is 11.1 Å². The number of Topliss-reactive ketones (excluding diaryl/α,β-unsaturated/α-hetero) is 1. The van der Waals surface area contributed by atoms with Gasteiger partial charge in [0.1, 0.15) is 0 Å². The molecule has 0 unspecified atom stereocenters. The molecule has 1 amide bonds. The van der Waals surface area contributed by atoms with Crippen molar-refractivity contribution < 1.29 is 9.59 Å². The fourth-order valence-corrected chi connectivity index (χ4v) is 2.65. The van der Waals surface area contributed by atoms with Crippen LogP contribution in [-0.2, 0) is 4.79 Å². The van der Waals surface area contributed by atoms with Crippen LogP contribution in [0, 0.1) is 5.92 Å². The molecule has 1 saturated carbocycles. The molecule has 2 aromatic rings. The second-order valence-corrected chi connectivity index (χ2v) is 5.84. The van der Waals surface area contributed by atoms with Gasteiger partial charge in [0, 0.05) is 5.56 Å². The van der Waals surface area contributed by atoms with Crippen molar-refractivity contribution in [1.29, 1.82) is 0 Å². The van der Waals surface area contributed by atoms with Crippen LogP contribution in [0.2, 0.25) is 0 Å². The molecule has 0 aromatic heterocycles. The first-order valence-electron chi connectivity index (χ1n) is 7.62. The third-order valence-corrected chi connectivity index (χ3v) is 4.07. The second-order valence-electron chi connectivity index (χ2n) is 5.84. The molecule has 0 heterocycles. The summed E-state index contributed by atoms with van der Waals surface area (Å²) in [4.78, 5) is 23.9. The van der Waals surface area contributed by atoms with Crippen molar-refractivity contribution in [2.45, 2.75) is 25.8 Å². The first kappa shape index (κ1) is 14.5. The standard InChI is InChI=1S/C19H19NO2/c1-13(21)18(16-9-10-16)20-19(22)17-11-7-15(8-12-17)14-5-3-2-4-6-14/h2-8,11-12,16,18H,9-10H2,1H3,(H,20,22)/t18-/m1/s1. The zero-order valence-corrected chi connectivity index (χ0v) is 12.6. The molecule has 0 aliphatic heterocycles. The fraction of sp³-hybridized carbons (Fsp3) is 0.263. The van der Waals surface area contributed by atoms with Crippen LogP contribution < -0.4 is 5.32 Å². The largest absolute Gasteiger partial charge is 0.342 e. The highest BCUT2D eigenvalue weighted by atomic mass is 16.2. The lowest BCUT2D eigenvalue weighted by atomic mass is 10.0. The highest BCUT2D eigenvalue weighted by molar-refractivity contribution is 5.98. The summed E-state index contributed by atoms with van der Waals surface area (Å²) in [6, 6.07) is 17.2. The summed E-state index contributed by atoms with van der Waals surface area (Å²) in [5, 5.41) is 2.87. The Morgan fingerprint density at radius 2 is 1.55 bits per heavy atom. The Balaban J connectivity index is 1.72. The molecule has 0 radical (unpaired) electrons. The van der Waals surface area contributed by atoms with Gasteiger partial charge in [-0.2, -0.15) is 0 Å². The molecule has 1 N–H and O–H groups in total. The van der Waals surface area contributed by atoms with E-state index in [2.05, 4.69) is 5.32 Å². The van der Waals surface area contributed by atoms with Crippen molar-refractivity contribution in [2.24, 2.45) is 5.92 Å². The first-order valence-corrected chi connectivity index (χ1v) is 7.62. The molecule has 0 spiro atoms. The van der Waals surface area contributed by atoms with Gasteiger partial charge in [0.25, 0.3) is 5.91 Å². The van der Waals surface area contributed by atoms with Gasteiger partial charge in [-0.15, -0.1) is 0 Å². The number of carbonyl (C=O) groups excluding carboxylic acids is 2. The lowest BCUT2D eigenvalue weighted by molar-refractivity contribution is -0.119. The molecule has 0 bridgehead atoms. The average Bonchev–Trinajstić information content (AvgIpc) is 3.38. The Kier molecular flexibility index (Phi) is 4.05. The van der Waals surface area contributed by atoms with E-state index < -0.39 is 0 Å². The maximum absolute atomic E-state index is 12.3. The molecule has 3 nitrogen and oxygen atoms in total. The van der Waals surface area contributed by atoms with Crippen LogP contribution in [0.5, 0.6) is 0 Å². The van der Waals surface area contributed by atoms with E-state index in [4.69, 9.17) is 0 Å². The molecule has 112 valence electrons. The monoisotopic (exact) mass is 293 g/mol. The van der Waals surface area contributed by atoms with Gasteiger partial charge in [0.05, 0.1) is 6.04 Å². The highest BCUT2D eigenvalue weighted by Crippen LogP contribution is 2.33. The zero-order chi connectivity index (χ0) is 15.5. The molecule has 1 aliphatic rings. The minimum absolute atomic E-state index is 0.0387. The molecule has 1 fully saturated rings. The summed E-state index contributed by atoms with van der Waals surface area (Å²) in [5.74, 6) is 0.188. The summed E-state index contributed by atoms with van der Waals surface area (Å²) in [7, 11) is 0. The van der Waals surface area contributed by atoms with Crippen LogP contribution >= 0.6 is 0 Å². The van der Waals surface area contributed by atoms with E-state index >= 15 is 0 Å². The summed E-state index contributed by atoms with van der Waals surface area (Å²) in [5.41, 5.74) is 2.78. The topological polar surface area (TPSA) is 46.2 Å². The number of nitrogens with one attached hydrogen (secondary N) is 1. The van der Waals surface area contributed by atoms with Gasteiger partial charge in [-0.1, -0.05) is 42.5 Å². The van der Waals surface area contributed by atoms with Crippen molar-refractivity contribution >= 4 is 11.7 Å². The molecule has 1 atom stereocenters. The van der Waals surface area contributed by atoms with Gasteiger partial charge < -0.3 is 5.32 Å². The molecule has 3 heteroatoms. The number of hydrogen-bond donors (Lipinski definition) is 1. The third-order valence-electron chi connectivity index (χ3n) is 4.07. The SMILES string of the molecule is CC(=O)[C@@H](NC(=O)c1ccc(-c2ccccc2)cc1)C1CC1. The lowest BCUT2D eigenvalue weighted by Crippen LogP contribution is -2.41. The molecule has 1 aliphatic carbocycles. The van der Waals surface area contributed by atoms with E-state index in [0.29, 0.717) is 11.5 Å². The predicted molar refractivity (Wildman–Crippen MR) is 86.5 cm³/mol. The number of hydrogen-bond acceptors (Lipinski definition) is 2. The second kappa shape index (κ2) is 6.14. The maximum atomic E-state index is 12.3. The van der Waals surface area contributed by atoms with Crippen LogP contribution in [0.25, 0.3) is 11.1 Å². The number of rotatable bonds is 5. The Morgan fingerprint density at radius 1 is 0.955 bits per heavy atom. The minimum Gasteiger partial charge on any atom is -0.342 e. The van der Waals surface area contributed by atoms with E-state index in [-0.39, 0.29) is 17.7 Å². The quantitative estimate of drug-likeness (QED) is 0.917. The van der Waals surface area contributed by atoms with Crippen LogP contribution in [0.3, 0.4) is 0 Å². The number of ketones is 1. The van der Waals surface area contributed by atoms with Gasteiger partial charge in [0.2, 0.25) is 0 Å². The first-order chi connectivity index (χ1) is 10.6. The third kappa shape index (κ3) is 3.25. The Labute approximate surface area is 130 Å². The van der Waals surface area contributed by atoms with Crippen LogP contribution in [0.15, 0.2) is 54.6 Å². The summed E-state index contributed by atoms with van der Waals surface area (Å²) < 4.78 is 0. The Morgan fingerprint density at radius 3 is 2.09 bits per heavy atom. The maximum Gasteiger partial charge on any atom is 0.251 e. The van der Waals surface area contributed by atoms with Crippen molar-refractivity contribution in [2.75, 3.05) is 0 Å². The number of carbonyl (C=O) groups is 2. The summed E-state index contributed by atoms with van der Waals surface area (Å²) >= 11 is 0. The molecule has 3 rings (SSSR count). The van der Waals surface area contributed by atoms with Crippen LogP contribution in [0.1, 0.15) is 30.1 Å². The number of amides is 1. The lowest BCUT2D eigenvalue weighted by Gasteiger charge is -2.15. The summed E-state index contributed by atoms with van der Waals surface area (Å²) in [6.45, 7) is 1.54. The Hall–Kier alpha value is -2.42. The Bertz CT molecular complexity index is 672. The number of benzene rings is 2. The molecule has 22 heavy (non-hydrogen) atoms. The smallest absolute Gasteiger partial charge is 0.251 e. The van der Waals surface area contributed by atoms with Crippen molar-refractivity contribution in [3.05, 3.63) is 60.2 Å². The van der Waals surface area contributed by atoms with Gasteiger partial charge in [-0.25, -0.2) is 0 Å². The van der Waals surface area contributed by atoms with Crippen LogP contribution in [0.4, 0.5) is 0 Å². The predicted octanol–water partition coefficient (Wildman–Crippen LogP) is 3.45. The molecule has 0 saturated heterocycles. The van der Waals surface area contributed by atoms with Gasteiger partial charge >= 0.3 is 0 Å². The van der Waals surface area contributed by atoms with Crippen molar-refractivity contribution in [1.82, 2.24) is 5.32 Å².